The van der Waals surface area contributed by atoms with Gasteiger partial charge in [-0.3, -0.25) is 4.79 Å². The molecule has 24 heavy (non-hydrogen) atoms. The summed E-state index contributed by atoms with van der Waals surface area (Å²) in [6.45, 7) is 0. The van der Waals surface area contributed by atoms with Gasteiger partial charge >= 0.3 is 5.97 Å². The lowest BCUT2D eigenvalue weighted by Gasteiger charge is -2.22. The number of hydrogen-bond acceptors (Lipinski definition) is 4. The topological polar surface area (TPSA) is 76.1 Å². The molecule has 2 rings (SSSR count). The molecule has 0 aliphatic heterocycles. The van der Waals surface area contributed by atoms with Gasteiger partial charge in [-0.25, -0.2) is 0 Å². The summed E-state index contributed by atoms with van der Waals surface area (Å²) in [5, 5.41) is 9.00. The normalized spacial score (nSPS) is 12.9. The van der Waals surface area contributed by atoms with Gasteiger partial charge in [-0.05, 0) is 42.5 Å². The first-order chi connectivity index (χ1) is 11.6. The van der Waals surface area contributed by atoms with E-state index in [-0.39, 0.29) is 12.0 Å². The third-order valence-corrected chi connectivity index (χ3v) is 4.14. The van der Waals surface area contributed by atoms with Gasteiger partial charge in [-0.15, -0.1) is 0 Å². The molecule has 2 aromatic rings. The standard InChI is InChI=1S/C20H22N2O2/c1-24-20(23)18(13-16-8-5-9-17(12-16)14-21)19(22)11-10-15-6-3-2-4-7-15/h2-9,12,18-19H,10-11,13,22H2,1H3/t18-,19?/m1/s1. The van der Waals surface area contributed by atoms with E-state index in [0.717, 1.165) is 12.0 Å². The maximum atomic E-state index is 12.2. The zero-order valence-corrected chi connectivity index (χ0v) is 13.8. The van der Waals surface area contributed by atoms with Crippen LogP contribution in [0.4, 0.5) is 0 Å². The number of methoxy groups -OCH3 is 1. The number of aryl methyl sites for hydroxylation is 1. The number of nitriles is 1. The highest BCUT2D eigenvalue weighted by atomic mass is 16.5. The zero-order chi connectivity index (χ0) is 17.4. The molecule has 0 spiro atoms. The first-order valence-electron chi connectivity index (χ1n) is 8.00. The Morgan fingerprint density at radius 3 is 2.54 bits per heavy atom. The fraction of sp³-hybridized carbons (Fsp3) is 0.300. The van der Waals surface area contributed by atoms with Crippen molar-refractivity contribution >= 4 is 5.97 Å². The molecular formula is C20H22N2O2. The fourth-order valence-electron chi connectivity index (χ4n) is 2.76. The maximum absolute atomic E-state index is 12.2. The molecule has 0 aliphatic carbocycles. The monoisotopic (exact) mass is 322 g/mol. The predicted molar refractivity (Wildman–Crippen MR) is 93.1 cm³/mol. The summed E-state index contributed by atoms with van der Waals surface area (Å²) < 4.78 is 4.93. The molecule has 0 aliphatic rings. The number of esters is 1. The van der Waals surface area contributed by atoms with Crippen LogP contribution in [-0.4, -0.2) is 19.1 Å². The van der Waals surface area contributed by atoms with Gasteiger partial charge in [-0.1, -0.05) is 42.5 Å². The molecule has 4 nitrogen and oxygen atoms in total. The molecular weight excluding hydrogens is 300 g/mol. The Hall–Kier alpha value is -2.64. The van der Waals surface area contributed by atoms with E-state index >= 15 is 0 Å². The summed E-state index contributed by atoms with van der Waals surface area (Å²) in [6, 6.07) is 19.1. The lowest BCUT2D eigenvalue weighted by molar-refractivity contribution is -0.146. The molecule has 4 heteroatoms. The molecule has 2 N–H and O–H groups in total. The summed E-state index contributed by atoms with van der Waals surface area (Å²) in [5.41, 5.74) is 8.99. The van der Waals surface area contributed by atoms with Crippen molar-refractivity contribution in [2.45, 2.75) is 25.3 Å². The van der Waals surface area contributed by atoms with E-state index in [0.29, 0.717) is 18.4 Å². The first kappa shape index (κ1) is 17.7. The number of benzene rings is 2. The van der Waals surface area contributed by atoms with Crippen molar-refractivity contribution < 1.29 is 9.53 Å². The van der Waals surface area contributed by atoms with Crippen LogP contribution in [0, 0.1) is 17.2 Å². The summed E-state index contributed by atoms with van der Waals surface area (Å²) in [4.78, 5) is 12.2. The van der Waals surface area contributed by atoms with Crippen LogP contribution >= 0.6 is 0 Å². The second-order valence-corrected chi connectivity index (χ2v) is 5.83. The van der Waals surface area contributed by atoms with E-state index in [1.165, 1.54) is 12.7 Å². The van der Waals surface area contributed by atoms with Crippen molar-refractivity contribution in [2.24, 2.45) is 11.7 Å². The third-order valence-electron chi connectivity index (χ3n) is 4.14. The second-order valence-electron chi connectivity index (χ2n) is 5.83. The lowest BCUT2D eigenvalue weighted by Crippen LogP contribution is -2.38. The van der Waals surface area contributed by atoms with Gasteiger partial charge in [0.05, 0.1) is 24.7 Å². The molecule has 124 valence electrons. The molecule has 2 atom stereocenters. The van der Waals surface area contributed by atoms with Crippen LogP contribution in [0.15, 0.2) is 54.6 Å². The SMILES string of the molecule is COC(=O)[C@H](Cc1cccc(C#N)c1)C(N)CCc1ccccc1. The Balaban J connectivity index is 2.06. The number of ether oxygens (including phenoxy) is 1. The Labute approximate surface area is 142 Å². The average molecular weight is 322 g/mol. The van der Waals surface area contributed by atoms with Crippen LogP contribution in [0.25, 0.3) is 0 Å². The molecule has 0 bridgehead atoms. The zero-order valence-electron chi connectivity index (χ0n) is 13.8. The smallest absolute Gasteiger partial charge is 0.310 e. The minimum absolute atomic E-state index is 0.302. The quantitative estimate of drug-likeness (QED) is 0.795. The van der Waals surface area contributed by atoms with Crippen LogP contribution in [0.2, 0.25) is 0 Å². The number of hydrogen-bond donors (Lipinski definition) is 1. The van der Waals surface area contributed by atoms with Crippen LogP contribution in [0.3, 0.4) is 0 Å². The van der Waals surface area contributed by atoms with Crippen molar-refractivity contribution in [2.75, 3.05) is 7.11 Å². The summed E-state index contributed by atoms with van der Waals surface area (Å²) in [5.74, 6) is -0.731. The van der Waals surface area contributed by atoms with Crippen molar-refractivity contribution in [3.63, 3.8) is 0 Å². The van der Waals surface area contributed by atoms with Crippen LogP contribution in [-0.2, 0) is 22.4 Å². The molecule has 0 heterocycles. The number of carbonyl (C=O) groups excluding carboxylic acids is 1. The fourth-order valence-corrected chi connectivity index (χ4v) is 2.76. The maximum Gasteiger partial charge on any atom is 0.310 e. The molecule has 0 fully saturated rings. The van der Waals surface area contributed by atoms with Gasteiger partial charge in [0.1, 0.15) is 0 Å². The highest BCUT2D eigenvalue weighted by molar-refractivity contribution is 5.73. The van der Waals surface area contributed by atoms with Crippen molar-refractivity contribution in [1.29, 1.82) is 5.26 Å². The van der Waals surface area contributed by atoms with Crippen LogP contribution in [0.1, 0.15) is 23.1 Å². The van der Waals surface area contributed by atoms with Gasteiger partial charge in [0, 0.05) is 6.04 Å². The van der Waals surface area contributed by atoms with E-state index in [2.05, 4.69) is 18.2 Å². The van der Waals surface area contributed by atoms with E-state index in [1.54, 1.807) is 12.1 Å². The Morgan fingerprint density at radius 2 is 1.88 bits per heavy atom. The second kappa shape index (κ2) is 8.85. The largest absolute Gasteiger partial charge is 0.469 e. The first-order valence-corrected chi connectivity index (χ1v) is 8.00. The Morgan fingerprint density at radius 1 is 1.17 bits per heavy atom. The van der Waals surface area contributed by atoms with Crippen molar-refractivity contribution in [3.8, 4) is 6.07 Å². The van der Waals surface area contributed by atoms with Crippen LogP contribution < -0.4 is 5.73 Å². The van der Waals surface area contributed by atoms with Crippen molar-refractivity contribution in [3.05, 3.63) is 71.3 Å². The average Bonchev–Trinajstić information content (AvgIpc) is 2.64. The van der Waals surface area contributed by atoms with E-state index < -0.39 is 5.92 Å². The summed E-state index contributed by atoms with van der Waals surface area (Å²) in [7, 11) is 1.38. The van der Waals surface area contributed by atoms with Gasteiger partial charge in [0.2, 0.25) is 0 Å². The Kier molecular flexibility index (Phi) is 6.53. The minimum atomic E-state index is -0.423. The molecule has 0 aromatic heterocycles. The molecule has 1 unspecified atom stereocenters. The van der Waals surface area contributed by atoms with Gasteiger partial charge < -0.3 is 10.5 Å². The van der Waals surface area contributed by atoms with E-state index in [4.69, 9.17) is 15.7 Å². The molecule has 2 aromatic carbocycles. The predicted octanol–water partition coefficient (Wildman–Crippen LogP) is 2.85. The lowest BCUT2D eigenvalue weighted by atomic mass is 9.88. The molecule has 0 radical (unpaired) electrons. The number of rotatable bonds is 7. The number of carbonyl (C=O) groups is 1. The van der Waals surface area contributed by atoms with E-state index in [9.17, 15) is 4.79 Å². The van der Waals surface area contributed by atoms with Crippen LogP contribution in [0.5, 0.6) is 0 Å². The third kappa shape index (κ3) is 4.94. The van der Waals surface area contributed by atoms with Gasteiger partial charge in [0.25, 0.3) is 0 Å². The van der Waals surface area contributed by atoms with Crippen molar-refractivity contribution in [1.82, 2.24) is 0 Å². The number of nitrogens with zero attached hydrogens (tertiary/aromatic N) is 1. The van der Waals surface area contributed by atoms with Gasteiger partial charge in [-0.2, -0.15) is 5.26 Å². The molecule has 0 saturated carbocycles. The summed E-state index contributed by atoms with van der Waals surface area (Å²) in [6.07, 6.45) is 1.98. The highest BCUT2D eigenvalue weighted by Gasteiger charge is 2.26. The highest BCUT2D eigenvalue weighted by Crippen LogP contribution is 2.18. The van der Waals surface area contributed by atoms with Gasteiger partial charge in [0.15, 0.2) is 0 Å². The summed E-state index contributed by atoms with van der Waals surface area (Å²) >= 11 is 0. The van der Waals surface area contributed by atoms with E-state index in [1.807, 2.05) is 30.3 Å². The minimum Gasteiger partial charge on any atom is -0.469 e. The number of nitrogens with two attached hydrogens (primary N) is 1. The molecule has 0 amide bonds. The molecule has 0 saturated heterocycles. The Bertz CT molecular complexity index is 707.